The summed E-state index contributed by atoms with van der Waals surface area (Å²) < 4.78 is 4.82. The minimum Gasteiger partial charge on any atom is -0.481 e. The van der Waals surface area contributed by atoms with Crippen LogP contribution in [-0.4, -0.2) is 36.1 Å². The van der Waals surface area contributed by atoms with E-state index in [0.717, 1.165) is 5.56 Å². The smallest absolute Gasteiger partial charge is 0.328 e. The summed E-state index contributed by atoms with van der Waals surface area (Å²) >= 11 is 0. The number of esters is 1. The Kier molecular flexibility index (Phi) is 9.26. The fraction of sp³-hybridized carbons (Fsp3) is 0.476. The lowest BCUT2D eigenvalue weighted by molar-refractivity contribution is -0.149. The molecule has 0 spiro atoms. The van der Waals surface area contributed by atoms with Crippen molar-refractivity contribution in [2.75, 3.05) is 7.11 Å². The number of benzene rings is 1. The molecule has 3 atom stereocenters. The fourth-order valence-electron chi connectivity index (χ4n) is 3.04. The number of rotatable bonds is 11. The Morgan fingerprint density at radius 2 is 1.81 bits per heavy atom. The van der Waals surface area contributed by atoms with E-state index < -0.39 is 35.7 Å². The van der Waals surface area contributed by atoms with Gasteiger partial charge in [-0.2, -0.15) is 0 Å². The summed E-state index contributed by atoms with van der Waals surface area (Å²) in [6, 6.07) is 8.38. The van der Waals surface area contributed by atoms with E-state index in [9.17, 15) is 19.5 Å². The highest BCUT2D eigenvalue weighted by Gasteiger charge is 2.35. The first-order valence-corrected chi connectivity index (χ1v) is 9.05. The molecule has 27 heavy (non-hydrogen) atoms. The number of ether oxygens (including phenoxy) is 1. The van der Waals surface area contributed by atoms with Gasteiger partial charge in [0.05, 0.1) is 18.9 Å². The molecule has 0 heterocycles. The standard InChI is InChI=1S/C21H29NO5/c1-5-9-16(20(24)25)17(12-14(2)3)19(23)22-18(21(26)27-4)13-15-10-7-6-8-11-15/h5-8,10-11,14,16-18H,1,9,12-13H2,2-4H3,(H,22,23)(H,24,25)/t16?,17-,18+/m1/s1. The quantitative estimate of drug-likeness (QED) is 0.458. The third kappa shape index (κ3) is 7.25. The molecule has 0 saturated carbocycles. The molecule has 0 aromatic heterocycles. The highest BCUT2D eigenvalue weighted by atomic mass is 16.5. The van der Waals surface area contributed by atoms with Crippen molar-refractivity contribution in [2.24, 2.45) is 17.8 Å². The first-order valence-electron chi connectivity index (χ1n) is 9.05. The van der Waals surface area contributed by atoms with E-state index in [-0.39, 0.29) is 18.8 Å². The van der Waals surface area contributed by atoms with Crippen LogP contribution in [0.4, 0.5) is 0 Å². The topological polar surface area (TPSA) is 92.7 Å². The number of hydrogen-bond acceptors (Lipinski definition) is 4. The lowest BCUT2D eigenvalue weighted by atomic mass is 9.82. The first kappa shape index (κ1) is 22.4. The van der Waals surface area contributed by atoms with Crippen molar-refractivity contribution in [1.82, 2.24) is 5.32 Å². The summed E-state index contributed by atoms with van der Waals surface area (Å²) in [4.78, 5) is 36.7. The van der Waals surface area contributed by atoms with Crippen molar-refractivity contribution in [1.29, 1.82) is 0 Å². The number of methoxy groups -OCH3 is 1. The van der Waals surface area contributed by atoms with E-state index in [1.807, 2.05) is 44.2 Å². The van der Waals surface area contributed by atoms with Crippen molar-refractivity contribution >= 4 is 17.8 Å². The van der Waals surface area contributed by atoms with Crippen LogP contribution in [0.3, 0.4) is 0 Å². The fourth-order valence-corrected chi connectivity index (χ4v) is 3.04. The number of carbonyl (C=O) groups is 3. The van der Waals surface area contributed by atoms with Crippen molar-refractivity contribution in [3.8, 4) is 0 Å². The van der Waals surface area contributed by atoms with Gasteiger partial charge in [-0.15, -0.1) is 6.58 Å². The Morgan fingerprint density at radius 3 is 2.30 bits per heavy atom. The van der Waals surface area contributed by atoms with Gasteiger partial charge < -0.3 is 15.2 Å². The van der Waals surface area contributed by atoms with Crippen molar-refractivity contribution < 1.29 is 24.2 Å². The van der Waals surface area contributed by atoms with Crippen LogP contribution in [0.1, 0.15) is 32.3 Å². The van der Waals surface area contributed by atoms with Crippen LogP contribution in [0.2, 0.25) is 0 Å². The predicted molar refractivity (Wildman–Crippen MR) is 103 cm³/mol. The molecule has 1 rings (SSSR count). The maximum absolute atomic E-state index is 12.9. The minimum absolute atomic E-state index is 0.123. The molecule has 0 radical (unpaired) electrons. The lowest BCUT2D eigenvalue weighted by Crippen LogP contribution is -2.48. The molecule has 1 unspecified atom stereocenters. The van der Waals surface area contributed by atoms with Crippen LogP contribution in [0.15, 0.2) is 43.0 Å². The van der Waals surface area contributed by atoms with Crippen molar-refractivity contribution in [2.45, 2.75) is 39.2 Å². The molecule has 0 fully saturated rings. The zero-order valence-corrected chi connectivity index (χ0v) is 16.2. The Labute approximate surface area is 160 Å². The van der Waals surface area contributed by atoms with Gasteiger partial charge in [-0.1, -0.05) is 50.3 Å². The van der Waals surface area contributed by atoms with Crippen molar-refractivity contribution in [3.05, 3.63) is 48.6 Å². The molecule has 0 saturated heterocycles. The molecule has 1 aromatic carbocycles. The third-order valence-electron chi connectivity index (χ3n) is 4.37. The number of amides is 1. The zero-order chi connectivity index (χ0) is 20.4. The number of carbonyl (C=O) groups excluding carboxylic acids is 2. The largest absolute Gasteiger partial charge is 0.481 e. The number of carboxylic acids is 1. The number of allylic oxidation sites excluding steroid dienone is 1. The highest BCUT2D eigenvalue weighted by Crippen LogP contribution is 2.25. The van der Waals surface area contributed by atoms with Gasteiger partial charge in [0.15, 0.2) is 0 Å². The number of carboxylic acid groups (broad SMARTS) is 1. The summed E-state index contributed by atoms with van der Waals surface area (Å²) in [6.45, 7) is 7.44. The molecule has 0 aliphatic rings. The number of hydrogen-bond donors (Lipinski definition) is 2. The average molecular weight is 375 g/mol. The molecule has 1 aromatic rings. The van der Waals surface area contributed by atoms with Gasteiger partial charge in [-0.05, 0) is 24.3 Å². The van der Waals surface area contributed by atoms with Crippen molar-refractivity contribution in [3.63, 3.8) is 0 Å². The molecule has 0 aliphatic carbocycles. The minimum atomic E-state index is -1.05. The second-order valence-electron chi connectivity index (χ2n) is 6.98. The summed E-state index contributed by atoms with van der Waals surface area (Å²) in [5, 5.41) is 12.2. The molecular formula is C21H29NO5. The Morgan fingerprint density at radius 1 is 1.19 bits per heavy atom. The van der Waals surface area contributed by atoms with E-state index >= 15 is 0 Å². The molecule has 6 nitrogen and oxygen atoms in total. The monoisotopic (exact) mass is 375 g/mol. The second kappa shape index (κ2) is 11.2. The van der Waals surface area contributed by atoms with Gasteiger partial charge in [0.25, 0.3) is 0 Å². The molecule has 2 N–H and O–H groups in total. The summed E-state index contributed by atoms with van der Waals surface area (Å²) in [5.41, 5.74) is 0.870. The molecule has 1 amide bonds. The molecule has 0 bridgehead atoms. The van der Waals surface area contributed by atoms with Gasteiger partial charge in [-0.3, -0.25) is 9.59 Å². The first-order chi connectivity index (χ1) is 12.8. The van der Waals surface area contributed by atoms with Gasteiger partial charge in [0, 0.05) is 6.42 Å². The highest BCUT2D eigenvalue weighted by molar-refractivity contribution is 5.88. The van der Waals surface area contributed by atoms with E-state index in [4.69, 9.17) is 4.74 Å². The van der Waals surface area contributed by atoms with E-state index in [2.05, 4.69) is 11.9 Å². The predicted octanol–water partition coefficient (Wildman–Crippen LogP) is 2.83. The van der Waals surface area contributed by atoms with Crippen LogP contribution < -0.4 is 5.32 Å². The maximum Gasteiger partial charge on any atom is 0.328 e. The van der Waals surface area contributed by atoms with E-state index in [1.54, 1.807) is 0 Å². The summed E-state index contributed by atoms with van der Waals surface area (Å²) in [5.74, 6) is -3.59. The second-order valence-corrected chi connectivity index (χ2v) is 6.98. The van der Waals surface area contributed by atoms with Crippen LogP contribution in [0.25, 0.3) is 0 Å². The molecule has 0 aliphatic heterocycles. The number of aliphatic carboxylic acids is 1. The van der Waals surface area contributed by atoms with Gasteiger partial charge in [0.1, 0.15) is 6.04 Å². The Hall–Kier alpha value is -2.63. The Balaban J connectivity index is 3.03. The lowest BCUT2D eigenvalue weighted by Gasteiger charge is -2.26. The van der Waals surface area contributed by atoms with Crippen LogP contribution in [0, 0.1) is 17.8 Å². The zero-order valence-electron chi connectivity index (χ0n) is 16.2. The SMILES string of the molecule is C=CCC(C(=O)O)[C@@H](CC(C)C)C(=O)N[C@@H](Cc1ccccc1)C(=O)OC. The van der Waals surface area contributed by atoms with Gasteiger partial charge >= 0.3 is 11.9 Å². The number of nitrogens with one attached hydrogen (secondary N) is 1. The molecule has 6 heteroatoms. The third-order valence-corrected chi connectivity index (χ3v) is 4.37. The van der Waals surface area contributed by atoms with Crippen LogP contribution in [0.5, 0.6) is 0 Å². The van der Waals surface area contributed by atoms with E-state index in [0.29, 0.717) is 6.42 Å². The maximum atomic E-state index is 12.9. The van der Waals surface area contributed by atoms with Crippen LogP contribution in [-0.2, 0) is 25.5 Å². The average Bonchev–Trinajstić information content (AvgIpc) is 2.63. The van der Waals surface area contributed by atoms with Gasteiger partial charge in [0.2, 0.25) is 5.91 Å². The van der Waals surface area contributed by atoms with Gasteiger partial charge in [-0.25, -0.2) is 4.79 Å². The van der Waals surface area contributed by atoms with E-state index in [1.165, 1.54) is 13.2 Å². The molecule has 148 valence electrons. The Bertz CT molecular complexity index is 641. The normalized spacial score (nSPS) is 14.1. The molecular weight excluding hydrogens is 346 g/mol. The summed E-state index contributed by atoms with van der Waals surface area (Å²) in [6.07, 6.45) is 2.35. The van der Waals surface area contributed by atoms with Crippen LogP contribution >= 0.6 is 0 Å². The summed E-state index contributed by atoms with van der Waals surface area (Å²) in [7, 11) is 1.26.